The lowest BCUT2D eigenvalue weighted by molar-refractivity contribution is 0.0369. The number of fused-ring (bicyclic) bond motifs is 1. The molecule has 4 aromatic carbocycles. The number of morpholine rings is 1. The van der Waals surface area contributed by atoms with Crippen LogP contribution < -0.4 is 11.5 Å². The number of methoxy groups -OCH3 is 1. The number of nitrogens with two attached hydrogens (primary N) is 2. The van der Waals surface area contributed by atoms with Crippen molar-refractivity contribution in [1.29, 1.82) is 5.41 Å². The zero-order chi connectivity index (χ0) is 36.5. The highest BCUT2D eigenvalue weighted by Gasteiger charge is 2.20. The maximum atomic E-state index is 14.3. The van der Waals surface area contributed by atoms with Crippen LogP contribution in [0.25, 0.3) is 11.0 Å². The number of hydrogen-bond acceptors (Lipinski definition) is 8. The fraction of sp³-hybridized carbons (Fsp3) is 0.317. The van der Waals surface area contributed by atoms with Crippen molar-refractivity contribution in [2.75, 3.05) is 40.0 Å². The van der Waals surface area contributed by atoms with Crippen LogP contribution in [-0.4, -0.2) is 77.0 Å². The predicted molar refractivity (Wildman–Crippen MR) is 202 cm³/mol. The summed E-state index contributed by atoms with van der Waals surface area (Å²) in [5.41, 5.74) is 19.0. The van der Waals surface area contributed by atoms with Crippen LogP contribution in [0.4, 0.5) is 0 Å². The third kappa shape index (κ3) is 9.10. The number of nitrogens with zero attached hydrogens (tertiary/aromatic N) is 4. The van der Waals surface area contributed by atoms with Crippen molar-refractivity contribution in [1.82, 2.24) is 19.4 Å². The molecular formula is C41H47N7O4. The smallest absolute Gasteiger partial charge is 0.337 e. The maximum absolute atomic E-state index is 14.3. The molecule has 0 saturated carbocycles. The SMILES string of the molecule is COC(=O)c1ccc(CN(Cc2ccc(CN)cc2)C(=O)c2ccc3c(c2)nc(CCc2ccc(C(=N)N)cc2)n3CCCN2CCOCC2)cc1. The number of benzene rings is 4. The molecule has 11 heteroatoms. The predicted octanol–water partition coefficient (Wildman–Crippen LogP) is 4.92. The highest BCUT2D eigenvalue weighted by Crippen LogP contribution is 2.23. The van der Waals surface area contributed by atoms with Crippen molar-refractivity contribution < 1.29 is 19.1 Å². The molecule has 0 aliphatic carbocycles. The molecule has 1 amide bonds. The number of amides is 1. The molecule has 0 radical (unpaired) electrons. The zero-order valence-electron chi connectivity index (χ0n) is 29.7. The van der Waals surface area contributed by atoms with Gasteiger partial charge in [0.05, 0.1) is 36.9 Å². The van der Waals surface area contributed by atoms with E-state index in [1.807, 2.05) is 83.8 Å². The van der Waals surface area contributed by atoms with Crippen LogP contribution in [0.1, 0.15) is 60.8 Å². The minimum Gasteiger partial charge on any atom is -0.465 e. The first-order chi connectivity index (χ1) is 25.3. The van der Waals surface area contributed by atoms with Crippen LogP contribution in [0.5, 0.6) is 0 Å². The van der Waals surface area contributed by atoms with E-state index in [-0.39, 0.29) is 11.7 Å². The molecule has 11 nitrogen and oxygen atoms in total. The van der Waals surface area contributed by atoms with Crippen molar-refractivity contribution in [3.05, 3.63) is 136 Å². The highest BCUT2D eigenvalue weighted by molar-refractivity contribution is 5.97. The number of nitrogen functional groups attached to an aromatic ring is 1. The Morgan fingerprint density at radius 2 is 1.40 bits per heavy atom. The molecule has 0 spiro atoms. The third-order valence-corrected chi connectivity index (χ3v) is 9.60. The Hall–Kier alpha value is -5.36. The highest BCUT2D eigenvalue weighted by atomic mass is 16.5. The molecule has 5 N–H and O–H groups in total. The number of amidine groups is 1. The maximum Gasteiger partial charge on any atom is 0.337 e. The molecule has 1 aliphatic rings. The lowest BCUT2D eigenvalue weighted by Crippen LogP contribution is -2.37. The summed E-state index contributed by atoms with van der Waals surface area (Å²) in [7, 11) is 1.36. The molecule has 1 saturated heterocycles. The second-order valence-electron chi connectivity index (χ2n) is 13.2. The summed E-state index contributed by atoms with van der Waals surface area (Å²) in [6, 6.07) is 28.8. The summed E-state index contributed by atoms with van der Waals surface area (Å²) >= 11 is 0. The molecule has 1 fully saturated rings. The van der Waals surface area contributed by atoms with Gasteiger partial charge in [0.15, 0.2) is 0 Å². The van der Waals surface area contributed by atoms with Gasteiger partial charge in [-0.1, -0.05) is 60.7 Å². The first-order valence-corrected chi connectivity index (χ1v) is 17.8. The summed E-state index contributed by atoms with van der Waals surface area (Å²) < 4.78 is 12.7. The molecule has 270 valence electrons. The Kier molecular flexibility index (Phi) is 12.1. The standard InChI is InChI=1S/C41H47N7O4/c1-51-41(50)34-14-9-32(10-15-34)28-47(27-31-5-3-30(26-42)4-6-31)40(49)35-16-17-37-36(25-35)45-38(18-11-29-7-12-33(13-8-29)39(43)44)48(37)20-2-19-46-21-23-52-24-22-46/h3-10,12-17,25H,2,11,18-24,26-28,42H2,1H3,(H3,43,44). The van der Waals surface area contributed by atoms with E-state index in [0.717, 1.165) is 97.8 Å². The van der Waals surface area contributed by atoms with E-state index in [4.69, 9.17) is 31.3 Å². The van der Waals surface area contributed by atoms with Gasteiger partial charge < -0.3 is 30.4 Å². The molecule has 0 atom stereocenters. The van der Waals surface area contributed by atoms with Gasteiger partial charge in [-0.25, -0.2) is 9.78 Å². The van der Waals surface area contributed by atoms with Crippen LogP contribution in [0, 0.1) is 5.41 Å². The Morgan fingerprint density at radius 3 is 2.04 bits per heavy atom. The molecular weight excluding hydrogens is 654 g/mol. The van der Waals surface area contributed by atoms with Gasteiger partial charge in [-0.3, -0.25) is 15.1 Å². The van der Waals surface area contributed by atoms with Crippen molar-refractivity contribution in [3.63, 3.8) is 0 Å². The summed E-state index contributed by atoms with van der Waals surface area (Å²) in [6.45, 7) is 6.42. The van der Waals surface area contributed by atoms with Crippen LogP contribution in [0.2, 0.25) is 0 Å². The van der Waals surface area contributed by atoms with E-state index < -0.39 is 5.97 Å². The number of hydrogen-bond donors (Lipinski definition) is 3. The summed E-state index contributed by atoms with van der Waals surface area (Å²) in [5, 5.41) is 7.71. The molecule has 0 bridgehead atoms. The molecule has 0 unspecified atom stereocenters. The van der Waals surface area contributed by atoms with E-state index in [9.17, 15) is 9.59 Å². The van der Waals surface area contributed by atoms with Gasteiger partial charge in [0.1, 0.15) is 11.7 Å². The lowest BCUT2D eigenvalue weighted by atomic mass is 10.1. The number of nitrogens with one attached hydrogen (secondary N) is 1. The molecule has 6 rings (SSSR count). The Bertz CT molecular complexity index is 1980. The fourth-order valence-electron chi connectivity index (χ4n) is 6.61. The average Bonchev–Trinajstić information content (AvgIpc) is 3.53. The van der Waals surface area contributed by atoms with E-state index in [1.165, 1.54) is 7.11 Å². The van der Waals surface area contributed by atoms with Gasteiger partial charge >= 0.3 is 5.97 Å². The van der Waals surface area contributed by atoms with Gasteiger partial charge in [0, 0.05) is 63.4 Å². The first-order valence-electron chi connectivity index (χ1n) is 17.8. The number of aryl methyl sites for hydroxylation is 3. The van der Waals surface area contributed by atoms with Crippen molar-refractivity contribution in [2.45, 2.75) is 45.4 Å². The molecule has 1 aromatic heterocycles. The number of ether oxygens (including phenoxy) is 2. The summed E-state index contributed by atoms with van der Waals surface area (Å²) in [5.74, 6) is 0.507. The molecule has 5 aromatic rings. The topological polar surface area (TPSA) is 153 Å². The quantitative estimate of drug-likeness (QED) is 0.0791. The molecule has 1 aliphatic heterocycles. The molecule has 2 heterocycles. The Morgan fingerprint density at radius 1 is 0.808 bits per heavy atom. The van der Waals surface area contributed by atoms with Crippen molar-refractivity contribution in [3.8, 4) is 0 Å². The lowest BCUT2D eigenvalue weighted by Gasteiger charge is -2.26. The first kappa shape index (κ1) is 36.4. The van der Waals surface area contributed by atoms with E-state index in [1.54, 1.807) is 12.1 Å². The van der Waals surface area contributed by atoms with Crippen molar-refractivity contribution >= 4 is 28.7 Å². The van der Waals surface area contributed by atoms with Gasteiger partial charge in [-0.15, -0.1) is 0 Å². The van der Waals surface area contributed by atoms with Gasteiger partial charge in [0.2, 0.25) is 0 Å². The minimum atomic E-state index is -0.404. The number of imidazole rings is 1. The summed E-state index contributed by atoms with van der Waals surface area (Å²) in [4.78, 5) is 35.7. The van der Waals surface area contributed by atoms with Crippen LogP contribution in [-0.2, 0) is 48.5 Å². The van der Waals surface area contributed by atoms with E-state index >= 15 is 0 Å². The number of rotatable bonds is 15. The number of carbonyl (C=O) groups is 2. The van der Waals surface area contributed by atoms with Gasteiger partial charge in [0.25, 0.3) is 5.91 Å². The van der Waals surface area contributed by atoms with E-state index in [0.29, 0.717) is 36.3 Å². The second-order valence-corrected chi connectivity index (χ2v) is 13.2. The van der Waals surface area contributed by atoms with Crippen molar-refractivity contribution in [2.24, 2.45) is 11.5 Å². The third-order valence-electron chi connectivity index (χ3n) is 9.60. The Labute approximate surface area is 304 Å². The van der Waals surface area contributed by atoms with Gasteiger partial charge in [-0.2, -0.15) is 0 Å². The second kappa shape index (κ2) is 17.2. The van der Waals surface area contributed by atoms with Crippen LogP contribution in [0.15, 0.2) is 91.0 Å². The zero-order valence-corrected chi connectivity index (χ0v) is 29.7. The minimum absolute atomic E-state index is 0.0542. The van der Waals surface area contributed by atoms with Crippen LogP contribution >= 0.6 is 0 Å². The van der Waals surface area contributed by atoms with Gasteiger partial charge in [-0.05, 0) is 65.4 Å². The van der Waals surface area contributed by atoms with E-state index in [2.05, 4.69) is 9.47 Å². The monoisotopic (exact) mass is 701 g/mol. The largest absolute Gasteiger partial charge is 0.465 e. The summed E-state index contributed by atoms with van der Waals surface area (Å²) in [6.07, 6.45) is 2.47. The normalized spacial score (nSPS) is 13.3. The number of aromatic nitrogens is 2. The average molecular weight is 702 g/mol. The number of carbonyl (C=O) groups excluding carboxylic acids is 2. The van der Waals surface area contributed by atoms with Crippen LogP contribution in [0.3, 0.4) is 0 Å². The Balaban J connectivity index is 1.27. The molecule has 52 heavy (non-hydrogen) atoms. The fourth-order valence-corrected chi connectivity index (χ4v) is 6.61. The number of esters is 1.